The Hall–Kier alpha value is -1.45. The Morgan fingerprint density at radius 3 is 2.57 bits per heavy atom. The van der Waals surface area contributed by atoms with Crippen LogP contribution in [0.5, 0.6) is 0 Å². The van der Waals surface area contributed by atoms with Crippen molar-refractivity contribution in [3.05, 3.63) is 12.7 Å². The van der Waals surface area contributed by atoms with Crippen LogP contribution in [0.15, 0.2) is 12.7 Å². The van der Waals surface area contributed by atoms with E-state index in [-0.39, 0.29) is 23.9 Å². The van der Waals surface area contributed by atoms with Crippen molar-refractivity contribution in [2.45, 2.75) is 74.7 Å². The molecule has 0 radical (unpaired) electrons. The second kappa shape index (κ2) is 7.91. The van der Waals surface area contributed by atoms with Gasteiger partial charge in [0.2, 0.25) is 11.8 Å². The molecule has 1 spiro atoms. The fourth-order valence-electron chi connectivity index (χ4n) is 5.41. The first-order valence-electron chi connectivity index (χ1n) is 10.4. The molecule has 3 fully saturated rings. The summed E-state index contributed by atoms with van der Waals surface area (Å²) in [5.41, 5.74) is -1.78. The topological polar surface area (TPSA) is 107 Å². The van der Waals surface area contributed by atoms with E-state index in [2.05, 4.69) is 22.5 Å². The van der Waals surface area contributed by atoms with Crippen molar-refractivity contribution in [1.82, 2.24) is 9.80 Å². The molecular formula is C21H31BrN2O6. The summed E-state index contributed by atoms with van der Waals surface area (Å²) in [6, 6.07) is -1.59. The number of likely N-dealkylation sites (tertiary alicyclic amines) is 1. The van der Waals surface area contributed by atoms with Crippen molar-refractivity contribution < 1.29 is 29.3 Å². The van der Waals surface area contributed by atoms with Gasteiger partial charge in [0.25, 0.3) is 0 Å². The summed E-state index contributed by atoms with van der Waals surface area (Å²) in [7, 11) is 0. The maximum Gasteiger partial charge on any atom is 0.310 e. The van der Waals surface area contributed by atoms with Gasteiger partial charge in [-0.05, 0) is 33.6 Å². The van der Waals surface area contributed by atoms with Crippen LogP contribution in [0.25, 0.3) is 0 Å². The lowest BCUT2D eigenvalue weighted by molar-refractivity contribution is -0.155. The number of hydrogen-bond donors (Lipinski definition) is 2. The molecule has 30 heavy (non-hydrogen) atoms. The van der Waals surface area contributed by atoms with Crippen LogP contribution in [0.3, 0.4) is 0 Å². The second-order valence-electron chi connectivity index (χ2n) is 9.40. The molecule has 168 valence electrons. The molecule has 0 aromatic rings. The summed E-state index contributed by atoms with van der Waals surface area (Å²) < 4.78 is 6.24. The highest BCUT2D eigenvalue weighted by Gasteiger charge is 2.77. The van der Waals surface area contributed by atoms with E-state index in [1.165, 1.54) is 4.90 Å². The highest BCUT2D eigenvalue weighted by atomic mass is 79.9. The Morgan fingerprint density at radius 1 is 1.47 bits per heavy atom. The van der Waals surface area contributed by atoms with Crippen molar-refractivity contribution in [3.63, 3.8) is 0 Å². The number of aliphatic carboxylic acids is 1. The van der Waals surface area contributed by atoms with Gasteiger partial charge in [-0.2, -0.15) is 0 Å². The first-order valence-corrected chi connectivity index (χ1v) is 11.3. The summed E-state index contributed by atoms with van der Waals surface area (Å²) >= 11 is 3.52. The van der Waals surface area contributed by atoms with E-state index in [4.69, 9.17) is 4.74 Å². The number of carbonyl (C=O) groups excluding carboxylic acids is 2. The number of rotatable bonds is 7. The Balaban J connectivity index is 2.16. The molecule has 0 aromatic carbocycles. The summed E-state index contributed by atoms with van der Waals surface area (Å²) in [5, 5.41) is 19.8. The minimum absolute atomic E-state index is 0.269. The molecule has 3 heterocycles. The summed E-state index contributed by atoms with van der Waals surface area (Å²) in [5.74, 6) is -3.82. The monoisotopic (exact) mass is 486 g/mol. The molecule has 0 aliphatic carbocycles. The van der Waals surface area contributed by atoms with Crippen LogP contribution in [0.4, 0.5) is 0 Å². The number of carboxylic acids is 1. The van der Waals surface area contributed by atoms with Crippen molar-refractivity contribution in [1.29, 1.82) is 0 Å². The van der Waals surface area contributed by atoms with E-state index in [1.807, 2.05) is 27.7 Å². The zero-order valence-corrected chi connectivity index (χ0v) is 19.5. The lowest BCUT2D eigenvalue weighted by Crippen LogP contribution is -2.61. The second-order valence-corrected chi connectivity index (χ2v) is 10.6. The lowest BCUT2D eigenvalue weighted by atomic mass is 9.70. The number of halogens is 1. The Labute approximate surface area is 185 Å². The molecule has 3 saturated heterocycles. The van der Waals surface area contributed by atoms with Gasteiger partial charge < -0.3 is 24.7 Å². The van der Waals surface area contributed by atoms with Gasteiger partial charge in [-0.15, -0.1) is 6.58 Å². The van der Waals surface area contributed by atoms with Gasteiger partial charge in [-0.1, -0.05) is 28.9 Å². The van der Waals surface area contributed by atoms with Crippen molar-refractivity contribution in [2.75, 3.05) is 13.2 Å². The van der Waals surface area contributed by atoms with Gasteiger partial charge >= 0.3 is 5.97 Å². The first kappa shape index (κ1) is 23.2. The number of ether oxygens (including phenoxy) is 1. The predicted octanol–water partition coefficient (Wildman–Crippen LogP) is 1.40. The maximum absolute atomic E-state index is 13.9. The smallest absolute Gasteiger partial charge is 0.310 e. The maximum atomic E-state index is 13.9. The third-order valence-electron chi connectivity index (χ3n) is 6.71. The zero-order chi connectivity index (χ0) is 22.6. The number of carbonyl (C=O) groups is 3. The van der Waals surface area contributed by atoms with Crippen LogP contribution < -0.4 is 0 Å². The molecule has 2 bridgehead atoms. The van der Waals surface area contributed by atoms with E-state index in [0.717, 1.165) is 0 Å². The van der Waals surface area contributed by atoms with Crippen LogP contribution in [0.1, 0.15) is 40.5 Å². The third kappa shape index (κ3) is 3.20. The number of aliphatic hydroxyl groups is 1. The SMILES string of the molecule is C=CCN(C(=O)C1N([C@@H](CC)CO)C(=O)[C@@H]2[C@H](C(=O)O)[C@H]3OC12CC3Br)C(C)(C)C. The lowest BCUT2D eigenvalue weighted by Gasteiger charge is -2.43. The van der Waals surface area contributed by atoms with Gasteiger partial charge in [0.1, 0.15) is 11.6 Å². The van der Waals surface area contributed by atoms with Crippen LogP contribution in [-0.2, 0) is 19.1 Å². The van der Waals surface area contributed by atoms with E-state index in [1.54, 1.807) is 11.0 Å². The molecule has 3 aliphatic heterocycles. The minimum Gasteiger partial charge on any atom is -0.481 e. The van der Waals surface area contributed by atoms with Gasteiger partial charge in [-0.3, -0.25) is 14.4 Å². The quantitative estimate of drug-likeness (QED) is 0.416. The van der Waals surface area contributed by atoms with Gasteiger partial charge in [0.15, 0.2) is 0 Å². The normalized spacial score (nSPS) is 36.0. The largest absolute Gasteiger partial charge is 0.481 e. The predicted molar refractivity (Wildman–Crippen MR) is 113 cm³/mol. The molecule has 9 heteroatoms. The van der Waals surface area contributed by atoms with Crippen molar-refractivity contribution in [3.8, 4) is 0 Å². The standard InChI is InChI=1S/C21H31BrN2O6/c1-6-8-23(20(3,4)5)18(27)16-21-9-12(22)15(30-21)13(19(28)29)14(21)17(26)24(16)11(7-2)10-25/h6,11-16,25H,1,7-10H2,2-5H3,(H,28,29)/t11-,12?,13-,14-,15-,16?,21?/m0/s1. The third-order valence-corrected chi connectivity index (χ3v) is 7.55. The molecular weight excluding hydrogens is 456 g/mol. The van der Waals surface area contributed by atoms with E-state index in [9.17, 15) is 24.6 Å². The Morgan fingerprint density at radius 2 is 2.10 bits per heavy atom. The van der Waals surface area contributed by atoms with Gasteiger partial charge in [0.05, 0.1) is 30.6 Å². The average Bonchev–Trinajstić information content (AvgIpc) is 3.23. The Bertz CT molecular complexity index is 748. The zero-order valence-electron chi connectivity index (χ0n) is 17.9. The highest BCUT2D eigenvalue weighted by molar-refractivity contribution is 9.09. The molecule has 3 rings (SSSR count). The molecule has 3 aliphatic rings. The van der Waals surface area contributed by atoms with Crippen LogP contribution in [0.2, 0.25) is 0 Å². The van der Waals surface area contributed by atoms with Crippen LogP contribution in [0, 0.1) is 11.8 Å². The number of alkyl halides is 1. The highest BCUT2D eigenvalue weighted by Crippen LogP contribution is 2.60. The molecule has 2 N–H and O–H groups in total. The van der Waals surface area contributed by atoms with Crippen molar-refractivity contribution >= 4 is 33.7 Å². The molecule has 7 atom stereocenters. The fraction of sp³-hybridized carbons (Fsp3) is 0.762. The number of amides is 2. The number of nitrogens with zero attached hydrogens (tertiary/aromatic N) is 2. The molecule has 3 unspecified atom stereocenters. The fourth-order valence-corrected chi connectivity index (χ4v) is 6.35. The molecule has 8 nitrogen and oxygen atoms in total. The summed E-state index contributed by atoms with van der Waals surface area (Å²) in [6.45, 7) is 11.2. The number of fused-ring (bicyclic) bond motifs is 1. The molecule has 0 saturated carbocycles. The van der Waals surface area contributed by atoms with E-state index >= 15 is 0 Å². The van der Waals surface area contributed by atoms with Gasteiger partial charge in [0, 0.05) is 16.9 Å². The molecule has 0 aromatic heterocycles. The average molecular weight is 487 g/mol. The van der Waals surface area contributed by atoms with Crippen LogP contribution in [-0.4, -0.2) is 85.1 Å². The minimum atomic E-state index is -1.23. The summed E-state index contributed by atoms with van der Waals surface area (Å²) in [6.07, 6.45) is 1.75. The number of hydrogen-bond acceptors (Lipinski definition) is 5. The number of aliphatic hydroxyl groups excluding tert-OH is 1. The first-order chi connectivity index (χ1) is 14.0. The Kier molecular flexibility index (Phi) is 6.12. The summed E-state index contributed by atoms with van der Waals surface area (Å²) in [4.78, 5) is 42.4. The van der Waals surface area contributed by atoms with Gasteiger partial charge in [-0.25, -0.2) is 0 Å². The van der Waals surface area contributed by atoms with Crippen LogP contribution >= 0.6 is 15.9 Å². The number of carboxylic acid groups (broad SMARTS) is 1. The van der Waals surface area contributed by atoms with E-state index < -0.39 is 53.0 Å². The van der Waals surface area contributed by atoms with E-state index in [0.29, 0.717) is 12.8 Å². The molecule has 2 amide bonds. The van der Waals surface area contributed by atoms with Crippen molar-refractivity contribution in [2.24, 2.45) is 11.8 Å².